The van der Waals surface area contributed by atoms with Crippen LogP contribution in [0.25, 0.3) is 0 Å². The van der Waals surface area contributed by atoms with Gasteiger partial charge in [0.1, 0.15) is 0 Å². The lowest BCUT2D eigenvalue weighted by Gasteiger charge is -1.93. The summed E-state index contributed by atoms with van der Waals surface area (Å²) in [5.41, 5.74) is 0. The molecule has 1 N–H and O–H groups in total. The van der Waals surface area contributed by atoms with Crippen LogP contribution in [0.1, 0.15) is 0 Å². The van der Waals surface area contributed by atoms with Crippen molar-refractivity contribution in [1.29, 1.82) is 0 Å². The molecule has 1 atom stereocenters. The predicted molar refractivity (Wildman–Crippen MR) is 19.9 cm³/mol. The summed E-state index contributed by atoms with van der Waals surface area (Å²) < 4.78 is 14.4. The fraction of sp³-hybridized carbons (Fsp3) is 0.500. The van der Waals surface area contributed by atoms with Crippen molar-refractivity contribution in [1.82, 2.24) is 0 Å². The van der Waals surface area contributed by atoms with Gasteiger partial charge in [0.05, 0.1) is 0 Å². The Kier molecular flexibility index (Phi) is 2.44. The highest BCUT2D eigenvalue weighted by Gasteiger charge is 2.03. The number of halogens is 2. The molecule has 0 amide bonds. The van der Waals surface area contributed by atoms with E-state index in [-0.39, 0.29) is 0 Å². The minimum atomic E-state index is -2.25. The van der Waals surface area contributed by atoms with Gasteiger partial charge in [-0.1, -0.05) is 0 Å². The highest BCUT2D eigenvalue weighted by molar-refractivity contribution is 6.19. The molecule has 0 saturated heterocycles. The Labute approximate surface area is 43.6 Å². The zero-order valence-electron chi connectivity index (χ0n) is 3.10. The summed E-state index contributed by atoms with van der Waals surface area (Å²) in [5.74, 6) is -2.25. The second kappa shape index (κ2) is 2.63. The van der Waals surface area contributed by atoms with Gasteiger partial charge in [0.25, 0.3) is 0 Å². The molecule has 0 aliphatic heterocycles. The molecule has 0 aliphatic carbocycles. The molecule has 0 bridgehead atoms. The van der Waals surface area contributed by atoms with Gasteiger partial charge in [0.15, 0.2) is 0 Å². The van der Waals surface area contributed by atoms with Crippen LogP contribution < -0.4 is 0 Å². The monoisotopic (exact) mass is 128 g/mol. The third-order valence-corrected chi connectivity index (χ3v) is 0.279. The minimum Gasteiger partial charge on any atom is -0.450 e. The van der Waals surface area contributed by atoms with Gasteiger partial charge in [-0.2, -0.15) is 4.39 Å². The summed E-state index contributed by atoms with van der Waals surface area (Å²) in [6.07, 6.45) is -1.72. The molecule has 0 aromatic rings. The van der Waals surface area contributed by atoms with Crippen LogP contribution >= 0.6 is 11.6 Å². The van der Waals surface area contributed by atoms with E-state index in [1.165, 1.54) is 0 Å². The van der Waals surface area contributed by atoms with Crippen LogP contribution in [0.5, 0.6) is 0 Å². The average Bonchev–Trinajstić information content (AvgIpc) is 1.27. The fourth-order valence-electron chi connectivity index (χ4n) is 0.0762. The molecular weight excluding hydrogens is 126 g/mol. The number of carboxylic acid groups (broad SMARTS) is 1. The van der Waals surface area contributed by atoms with E-state index in [0.717, 1.165) is 0 Å². The van der Waals surface area contributed by atoms with Gasteiger partial charge in [0.2, 0.25) is 0 Å². The normalized spacial score (nSPS) is 12.9. The van der Waals surface area contributed by atoms with Crippen molar-refractivity contribution in [2.24, 2.45) is 0 Å². The molecule has 0 saturated carbocycles. The summed E-state index contributed by atoms with van der Waals surface area (Å²) in [6, 6.07) is 0. The molecule has 0 aromatic heterocycles. The van der Waals surface area contributed by atoms with Crippen LogP contribution in [0.4, 0.5) is 9.18 Å². The Bertz CT molecular complexity index is 73.3. The van der Waals surface area contributed by atoms with Crippen LogP contribution in [-0.2, 0) is 4.74 Å². The zero-order chi connectivity index (χ0) is 5.86. The van der Waals surface area contributed by atoms with Crippen LogP contribution in [0.3, 0.4) is 0 Å². The van der Waals surface area contributed by atoms with Gasteiger partial charge in [-0.3, -0.25) is 0 Å². The fourth-order valence-corrected chi connectivity index (χ4v) is 0.152. The van der Waals surface area contributed by atoms with Crippen molar-refractivity contribution < 1.29 is 19.0 Å². The maximum Gasteiger partial charge on any atom is 0.509 e. The van der Waals surface area contributed by atoms with Crippen molar-refractivity contribution >= 4 is 17.8 Å². The Morgan fingerprint density at radius 3 is 2.43 bits per heavy atom. The molecule has 0 radical (unpaired) electrons. The third kappa shape index (κ3) is 5.49. The molecule has 5 heteroatoms. The van der Waals surface area contributed by atoms with Gasteiger partial charge >= 0.3 is 12.0 Å². The summed E-state index contributed by atoms with van der Waals surface area (Å²) >= 11 is 4.40. The lowest BCUT2D eigenvalue weighted by atomic mass is 11.3. The van der Waals surface area contributed by atoms with Crippen molar-refractivity contribution in [2.75, 3.05) is 0 Å². The molecule has 42 valence electrons. The summed E-state index contributed by atoms with van der Waals surface area (Å²) in [6.45, 7) is 0. The second-order valence-corrected chi connectivity index (χ2v) is 0.988. The van der Waals surface area contributed by atoms with Crippen molar-refractivity contribution in [3.05, 3.63) is 0 Å². The van der Waals surface area contributed by atoms with Gasteiger partial charge in [-0.15, -0.1) is 0 Å². The lowest BCUT2D eigenvalue weighted by molar-refractivity contribution is 0.0320. The maximum atomic E-state index is 11.1. The van der Waals surface area contributed by atoms with E-state index in [1.807, 2.05) is 0 Å². The predicted octanol–water partition coefficient (Wildman–Crippen LogP) is 1.17. The number of carbonyl (C=O) groups is 1. The summed E-state index contributed by atoms with van der Waals surface area (Å²) in [7, 11) is 0. The quantitative estimate of drug-likeness (QED) is 0.426. The number of ether oxygens (including phenoxy) is 1. The first-order chi connectivity index (χ1) is 3.13. The lowest BCUT2D eigenvalue weighted by Crippen LogP contribution is -2.03. The van der Waals surface area contributed by atoms with Crippen LogP contribution in [0.15, 0.2) is 0 Å². The van der Waals surface area contributed by atoms with Crippen molar-refractivity contribution in [2.45, 2.75) is 5.82 Å². The average molecular weight is 128 g/mol. The Balaban J connectivity index is 3.13. The van der Waals surface area contributed by atoms with E-state index in [1.54, 1.807) is 0 Å². The molecule has 1 unspecified atom stereocenters. The SMILES string of the molecule is O=C(O)OC(F)Cl. The highest BCUT2D eigenvalue weighted by atomic mass is 35.5. The molecule has 0 fully saturated rings. The Morgan fingerprint density at radius 2 is 2.43 bits per heavy atom. The van der Waals surface area contributed by atoms with E-state index in [2.05, 4.69) is 16.3 Å². The van der Waals surface area contributed by atoms with E-state index in [9.17, 15) is 9.18 Å². The number of alkyl halides is 2. The molecule has 0 spiro atoms. The summed E-state index contributed by atoms with van der Waals surface area (Å²) in [4.78, 5) is 9.26. The van der Waals surface area contributed by atoms with Crippen LogP contribution in [0, 0.1) is 0 Å². The maximum absolute atomic E-state index is 11.1. The molecule has 0 rings (SSSR count). The standard InChI is InChI=1S/C2H2ClFO3/c3-1(4)7-2(5)6/h1H,(H,5,6). The number of rotatable bonds is 1. The van der Waals surface area contributed by atoms with Crippen LogP contribution in [0.2, 0.25) is 0 Å². The van der Waals surface area contributed by atoms with E-state index >= 15 is 0 Å². The molecule has 0 aromatic carbocycles. The van der Waals surface area contributed by atoms with Gasteiger partial charge in [-0.05, 0) is 11.6 Å². The highest BCUT2D eigenvalue weighted by Crippen LogP contribution is 1.97. The minimum absolute atomic E-state index is 1.72. The number of hydrogen-bond donors (Lipinski definition) is 1. The van der Waals surface area contributed by atoms with Gasteiger partial charge in [0, 0.05) is 0 Å². The Hall–Kier alpha value is -0.510. The first kappa shape index (κ1) is 6.49. The van der Waals surface area contributed by atoms with Crippen LogP contribution in [-0.4, -0.2) is 17.1 Å². The molecule has 0 heterocycles. The molecule has 0 aliphatic rings. The molecule has 3 nitrogen and oxygen atoms in total. The van der Waals surface area contributed by atoms with E-state index < -0.39 is 12.0 Å². The smallest absolute Gasteiger partial charge is 0.450 e. The molecular formula is C2H2ClFO3. The van der Waals surface area contributed by atoms with E-state index in [4.69, 9.17) is 5.11 Å². The Morgan fingerprint density at radius 1 is 2.00 bits per heavy atom. The third-order valence-electron chi connectivity index (χ3n) is 0.190. The van der Waals surface area contributed by atoms with Gasteiger partial charge < -0.3 is 9.84 Å². The zero-order valence-corrected chi connectivity index (χ0v) is 3.85. The topological polar surface area (TPSA) is 46.5 Å². The number of hydrogen-bond acceptors (Lipinski definition) is 2. The van der Waals surface area contributed by atoms with Gasteiger partial charge in [-0.25, -0.2) is 4.79 Å². The first-order valence-corrected chi connectivity index (χ1v) is 1.74. The largest absolute Gasteiger partial charge is 0.509 e. The summed E-state index contributed by atoms with van der Waals surface area (Å²) in [5, 5.41) is 7.54. The van der Waals surface area contributed by atoms with E-state index in [0.29, 0.717) is 0 Å². The van der Waals surface area contributed by atoms with Crippen molar-refractivity contribution in [3.63, 3.8) is 0 Å². The molecule has 7 heavy (non-hydrogen) atoms. The first-order valence-electron chi connectivity index (χ1n) is 1.30. The second-order valence-electron chi connectivity index (χ2n) is 0.644. The van der Waals surface area contributed by atoms with Crippen molar-refractivity contribution in [3.8, 4) is 0 Å².